The van der Waals surface area contributed by atoms with E-state index in [9.17, 15) is 14.4 Å². The summed E-state index contributed by atoms with van der Waals surface area (Å²) in [6.07, 6.45) is 1.95. The maximum atomic E-state index is 13.1. The minimum absolute atomic E-state index is 0.261. The average Bonchev–Trinajstić information content (AvgIpc) is 2.99. The number of hydrogen-bond acceptors (Lipinski definition) is 5. The van der Waals surface area contributed by atoms with Crippen LogP contribution in [0.15, 0.2) is 36.4 Å². The van der Waals surface area contributed by atoms with E-state index >= 15 is 0 Å². The molecule has 2 aliphatic heterocycles. The summed E-state index contributed by atoms with van der Waals surface area (Å²) < 4.78 is 11.0. The van der Waals surface area contributed by atoms with E-state index in [1.807, 2.05) is 24.3 Å². The molecule has 2 aromatic carbocycles. The number of imide groups is 1. The number of benzene rings is 2. The Hall–Kier alpha value is -3.26. The Bertz CT molecular complexity index is 1070. The number of hydrogen-bond donors (Lipinski definition) is 2. The Morgan fingerprint density at radius 3 is 2.47 bits per heavy atom. The highest BCUT2D eigenvalue weighted by molar-refractivity contribution is 6.34. The van der Waals surface area contributed by atoms with Crippen LogP contribution in [0.5, 0.6) is 11.5 Å². The molecule has 1 unspecified atom stereocenters. The van der Waals surface area contributed by atoms with Crippen molar-refractivity contribution in [1.82, 2.24) is 10.2 Å². The third-order valence-electron chi connectivity index (χ3n) is 5.55. The van der Waals surface area contributed by atoms with Gasteiger partial charge in [0.2, 0.25) is 5.91 Å². The molecule has 168 valence electrons. The predicted octanol–water partition coefficient (Wildman–Crippen LogP) is 3.47. The second kappa shape index (κ2) is 8.70. The number of carbonyl (C=O) groups is 3. The van der Waals surface area contributed by atoms with Gasteiger partial charge in [-0.15, -0.1) is 0 Å². The number of halogens is 1. The third-order valence-corrected chi connectivity index (χ3v) is 5.87. The molecule has 0 spiro atoms. The van der Waals surface area contributed by atoms with E-state index in [2.05, 4.69) is 17.6 Å². The number of carbonyl (C=O) groups excluding carboxylic acids is 3. The van der Waals surface area contributed by atoms with Crippen LogP contribution in [0.4, 0.5) is 10.5 Å². The van der Waals surface area contributed by atoms with Crippen LogP contribution < -0.4 is 20.1 Å². The lowest BCUT2D eigenvalue weighted by molar-refractivity contribution is -0.133. The summed E-state index contributed by atoms with van der Waals surface area (Å²) in [5, 5.41) is 5.61. The van der Waals surface area contributed by atoms with E-state index < -0.39 is 29.9 Å². The molecule has 0 aromatic heterocycles. The highest BCUT2D eigenvalue weighted by Gasteiger charge is 2.49. The van der Waals surface area contributed by atoms with Gasteiger partial charge in [0.25, 0.3) is 5.91 Å². The van der Waals surface area contributed by atoms with Gasteiger partial charge in [-0.1, -0.05) is 49.2 Å². The van der Waals surface area contributed by atoms with Gasteiger partial charge >= 0.3 is 6.03 Å². The van der Waals surface area contributed by atoms with Crippen LogP contribution in [0, 0.1) is 0 Å². The molecule has 0 bridgehead atoms. The van der Waals surface area contributed by atoms with Crippen LogP contribution in [0.2, 0.25) is 5.02 Å². The van der Waals surface area contributed by atoms with E-state index in [4.69, 9.17) is 21.1 Å². The number of urea groups is 1. The van der Waals surface area contributed by atoms with Gasteiger partial charge in [0.05, 0.1) is 10.7 Å². The van der Waals surface area contributed by atoms with Crippen molar-refractivity contribution in [2.45, 2.75) is 32.2 Å². The van der Waals surface area contributed by atoms with Crippen molar-refractivity contribution in [2.24, 2.45) is 0 Å². The SMILES string of the molecule is CCCc1ccc(C2(C)NC(=O)N(CC(=O)Nc3cc4c(cc3Cl)OCCO4)C2=O)cc1. The molecule has 2 aromatic rings. The molecule has 4 amide bonds. The van der Waals surface area contributed by atoms with Crippen molar-refractivity contribution >= 4 is 35.1 Å². The molecule has 8 nitrogen and oxygen atoms in total. The third kappa shape index (κ3) is 4.10. The Balaban J connectivity index is 1.47. The molecule has 0 aliphatic carbocycles. The zero-order valence-corrected chi connectivity index (χ0v) is 18.6. The van der Waals surface area contributed by atoms with Crippen molar-refractivity contribution in [3.05, 3.63) is 52.5 Å². The molecule has 32 heavy (non-hydrogen) atoms. The maximum Gasteiger partial charge on any atom is 0.325 e. The van der Waals surface area contributed by atoms with E-state index in [1.54, 1.807) is 19.1 Å². The smallest absolute Gasteiger partial charge is 0.325 e. The average molecular weight is 458 g/mol. The molecule has 2 N–H and O–H groups in total. The molecule has 1 fully saturated rings. The summed E-state index contributed by atoms with van der Waals surface area (Å²) in [7, 11) is 0. The first kappa shape index (κ1) is 22.0. The molecule has 0 radical (unpaired) electrons. The van der Waals surface area contributed by atoms with Crippen molar-refractivity contribution in [1.29, 1.82) is 0 Å². The number of nitrogens with one attached hydrogen (secondary N) is 2. The van der Waals surface area contributed by atoms with E-state index in [-0.39, 0.29) is 5.02 Å². The second-order valence-electron chi connectivity index (χ2n) is 7.92. The number of anilines is 1. The summed E-state index contributed by atoms with van der Waals surface area (Å²) in [5.74, 6) is -0.0945. The van der Waals surface area contributed by atoms with Gasteiger partial charge in [0.1, 0.15) is 25.3 Å². The summed E-state index contributed by atoms with van der Waals surface area (Å²) >= 11 is 6.23. The first-order chi connectivity index (χ1) is 15.3. The predicted molar refractivity (Wildman–Crippen MR) is 119 cm³/mol. The monoisotopic (exact) mass is 457 g/mol. The zero-order chi connectivity index (χ0) is 22.9. The number of rotatable bonds is 6. The molecule has 9 heteroatoms. The Morgan fingerprint density at radius 1 is 1.16 bits per heavy atom. The molecule has 1 atom stereocenters. The maximum absolute atomic E-state index is 13.1. The van der Waals surface area contributed by atoms with Crippen LogP contribution >= 0.6 is 11.6 Å². The molecule has 1 saturated heterocycles. The second-order valence-corrected chi connectivity index (χ2v) is 8.32. The van der Waals surface area contributed by atoms with Gasteiger partial charge in [0.15, 0.2) is 11.5 Å². The van der Waals surface area contributed by atoms with Crippen LogP contribution in [0.3, 0.4) is 0 Å². The highest BCUT2D eigenvalue weighted by atomic mass is 35.5. The first-order valence-corrected chi connectivity index (χ1v) is 10.8. The standard InChI is InChI=1S/C23H24ClN3O5/c1-3-4-14-5-7-15(8-6-14)23(2)21(29)27(22(30)26-23)13-20(28)25-17-12-19-18(11-16(17)24)31-9-10-32-19/h5-8,11-12H,3-4,9-10,13H2,1-2H3,(H,25,28)(H,26,30). The van der Waals surface area contributed by atoms with Crippen LogP contribution in [-0.2, 0) is 21.5 Å². The lowest BCUT2D eigenvalue weighted by Gasteiger charge is -2.22. The van der Waals surface area contributed by atoms with E-state index in [1.165, 1.54) is 0 Å². The minimum Gasteiger partial charge on any atom is -0.486 e. The van der Waals surface area contributed by atoms with Crippen molar-refractivity contribution in [3.8, 4) is 11.5 Å². The Morgan fingerprint density at radius 2 is 1.81 bits per heavy atom. The van der Waals surface area contributed by atoms with E-state index in [0.717, 1.165) is 23.3 Å². The van der Waals surface area contributed by atoms with Gasteiger partial charge in [-0.05, 0) is 24.5 Å². The lowest BCUT2D eigenvalue weighted by atomic mass is 9.91. The summed E-state index contributed by atoms with van der Waals surface area (Å²) in [6, 6.07) is 10.1. The molecular weight excluding hydrogens is 434 g/mol. The number of ether oxygens (including phenoxy) is 2. The molecule has 4 rings (SSSR count). The highest BCUT2D eigenvalue weighted by Crippen LogP contribution is 2.38. The van der Waals surface area contributed by atoms with Crippen LogP contribution in [0.1, 0.15) is 31.4 Å². The normalized spacial score (nSPS) is 19.7. The van der Waals surface area contributed by atoms with E-state index in [0.29, 0.717) is 36.0 Å². The van der Waals surface area contributed by atoms with Gasteiger partial charge in [-0.25, -0.2) is 4.79 Å². The summed E-state index contributed by atoms with van der Waals surface area (Å²) in [6.45, 7) is 4.09. The molecule has 0 saturated carbocycles. The van der Waals surface area contributed by atoms with Crippen LogP contribution in [0.25, 0.3) is 0 Å². The van der Waals surface area contributed by atoms with Crippen molar-refractivity contribution < 1.29 is 23.9 Å². The van der Waals surface area contributed by atoms with Crippen LogP contribution in [-0.4, -0.2) is 42.5 Å². The largest absolute Gasteiger partial charge is 0.486 e. The Kier molecular flexibility index (Phi) is 5.97. The van der Waals surface area contributed by atoms with Gasteiger partial charge in [-0.2, -0.15) is 0 Å². The summed E-state index contributed by atoms with van der Waals surface area (Å²) in [5.41, 5.74) is 0.886. The Labute approximate surface area is 190 Å². The summed E-state index contributed by atoms with van der Waals surface area (Å²) in [4.78, 5) is 39.2. The zero-order valence-electron chi connectivity index (χ0n) is 17.9. The number of fused-ring (bicyclic) bond motifs is 1. The molecule has 2 heterocycles. The molecular formula is C23H24ClN3O5. The topological polar surface area (TPSA) is 97.0 Å². The van der Waals surface area contributed by atoms with Crippen molar-refractivity contribution in [3.63, 3.8) is 0 Å². The van der Waals surface area contributed by atoms with Gasteiger partial charge < -0.3 is 20.1 Å². The van der Waals surface area contributed by atoms with Gasteiger partial charge in [0, 0.05) is 12.1 Å². The lowest BCUT2D eigenvalue weighted by Crippen LogP contribution is -2.42. The fraction of sp³-hybridized carbons (Fsp3) is 0.348. The first-order valence-electron chi connectivity index (χ1n) is 10.4. The molecule has 2 aliphatic rings. The fourth-order valence-electron chi connectivity index (χ4n) is 3.82. The fourth-order valence-corrected chi connectivity index (χ4v) is 4.02. The number of nitrogens with zero attached hydrogens (tertiary/aromatic N) is 1. The van der Waals surface area contributed by atoms with Crippen molar-refractivity contribution in [2.75, 3.05) is 25.1 Å². The number of amides is 4. The van der Waals surface area contributed by atoms with Gasteiger partial charge in [-0.3, -0.25) is 14.5 Å². The number of aryl methyl sites for hydroxylation is 1. The minimum atomic E-state index is -1.24. The quantitative estimate of drug-likeness (QED) is 0.647.